The minimum Gasteiger partial charge on any atom is -0.507 e. The maximum atomic E-state index is 14.3. The summed E-state index contributed by atoms with van der Waals surface area (Å²) < 4.78 is 5.81. The van der Waals surface area contributed by atoms with E-state index in [0.717, 1.165) is 42.4 Å². The number of aromatic hydroxyl groups is 1. The third-order valence-electron chi connectivity index (χ3n) is 12.5. The van der Waals surface area contributed by atoms with Gasteiger partial charge in [0.25, 0.3) is 0 Å². The van der Waals surface area contributed by atoms with Gasteiger partial charge in [-0.1, -0.05) is 55.4 Å². The Bertz CT molecular complexity index is 2820. The highest BCUT2D eigenvalue weighted by Crippen LogP contribution is 2.44. The van der Waals surface area contributed by atoms with Crippen molar-refractivity contribution in [2.45, 2.75) is 83.6 Å². The van der Waals surface area contributed by atoms with Crippen molar-refractivity contribution < 1.29 is 29.4 Å². The minimum absolute atomic E-state index is 0.0295. The lowest BCUT2D eigenvalue weighted by atomic mass is 9.87. The smallest absolute Gasteiger partial charge is 0.243 e. The van der Waals surface area contributed by atoms with E-state index in [0.29, 0.717) is 60.2 Å². The molecule has 0 spiro atoms. The van der Waals surface area contributed by atoms with E-state index in [4.69, 9.17) is 4.52 Å². The van der Waals surface area contributed by atoms with Crippen molar-refractivity contribution >= 4 is 50.7 Å². The first kappa shape index (κ1) is 43.1. The molecule has 17 heteroatoms. The number of rotatable bonds is 11. The van der Waals surface area contributed by atoms with Crippen LogP contribution in [0, 0.1) is 19.8 Å². The molecule has 2 saturated heterocycles. The van der Waals surface area contributed by atoms with Crippen LogP contribution in [0.2, 0.25) is 0 Å². The van der Waals surface area contributed by atoms with Crippen molar-refractivity contribution in [2.24, 2.45) is 5.92 Å². The molecule has 7 heterocycles. The van der Waals surface area contributed by atoms with E-state index in [-0.39, 0.29) is 42.5 Å². The van der Waals surface area contributed by atoms with Gasteiger partial charge in [-0.2, -0.15) is 0 Å². The van der Waals surface area contributed by atoms with Gasteiger partial charge in [0.2, 0.25) is 17.8 Å². The molecule has 5 aromatic heterocycles. The number of aryl methyl sites for hydroxylation is 2. The summed E-state index contributed by atoms with van der Waals surface area (Å²) in [6.45, 7) is 10.8. The number of fused-ring (bicyclic) bond motifs is 1. The molecule has 0 unspecified atom stereocenters. The van der Waals surface area contributed by atoms with E-state index < -0.39 is 23.7 Å². The summed E-state index contributed by atoms with van der Waals surface area (Å²) in [5, 5.41) is 50.1. The van der Waals surface area contributed by atoms with E-state index >= 15 is 0 Å². The highest BCUT2D eigenvalue weighted by Gasteiger charge is 2.44. The number of hydrogen-bond donors (Lipinski definition) is 4. The van der Waals surface area contributed by atoms with Gasteiger partial charge in [0, 0.05) is 65.9 Å². The Labute approximate surface area is 377 Å². The minimum atomic E-state index is -1.06. The van der Waals surface area contributed by atoms with E-state index in [1.807, 2.05) is 81.4 Å². The predicted octanol–water partition coefficient (Wildman–Crippen LogP) is 7.32. The second kappa shape index (κ2) is 17.4. The highest BCUT2D eigenvalue weighted by atomic mass is 32.1. The van der Waals surface area contributed by atoms with Crippen LogP contribution in [0.5, 0.6) is 5.75 Å². The van der Waals surface area contributed by atoms with E-state index in [2.05, 4.69) is 35.6 Å². The van der Waals surface area contributed by atoms with Gasteiger partial charge < -0.3 is 35.0 Å². The van der Waals surface area contributed by atoms with Crippen LogP contribution in [0.1, 0.15) is 79.5 Å². The van der Waals surface area contributed by atoms with Crippen molar-refractivity contribution in [3.8, 4) is 38.7 Å². The Balaban J connectivity index is 0.842. The van der Waals surface area contributed by atoms with Crippen molar-refractivity contribution in [1.82, 2.24) is 40.5 Å². The van der Waals surface area contributed by atoms with Crippen molar-refractivity contribution in [3.05, 3.63) is 106 Å². The van der Waals surface area contributed by atoms with E-state index in [1.54, 1.807) is 48.0 Å². The maximum Gasteiger partial charge on any atom is 0.243 e. The Morgan fingerprint density at radius 3 is 2.36 bits per heavy atom. The van der Waals surface area contributed by atoms with Gasteiger partial charge in [-0.15, -0.1) is 32.9 Å². The summed E-state index contributed by atoms with van der Waals surface area (Å²) >= 11 is 3.03. The molecular weight excluding hydrogens is 851 g/mol. The first-order valence-corrected chi connectivity index (χ1v) is 23.1. The SMILES string of the molecule is Cc1ncsc1-c1ccc([C@H](C)NC(=O)[C@@H]2C[C@@H](O)CN2C(=O)[C@@H](c2cc(-c3cnc(N4CCC(O)(c5sc6nnc(-c7ccccc7O)cc6c5C)CC4)nc3)no2)C(C)C)cc1. The molecule has 330 valence electrons. The molecule has 7 aromatic rings. The number of nitrogens with zero attached hydrogens (tertiary/aromatic N) is 8. The summed E-state index contributed by atoms with van der Waals surface area (Å²) in [6, 6.07) is 17.5. The van der Waals surface area contributed by atoms with Crippen molar-refractivity contribution in [2.75, 3.05) is 24.5 Å². The largest absolute Gasteiger partial charge is 0.507 e. The maximum absolute atomic E-state index is 14.3. The molecule has 0 bridgehead atoms. The number of thiazole rings is 1. The molecule has 0 radical (unpaired) electrons. The number of carbonyl (C=O) groups excluding carboxylic acids is 2. The lowest BCUT2D eigenvalue weighted by molar-refractivity contribution is -0.141. The number of β-amino-alcohol motifs (C(OH)–C–C–N with tert-alkyl or cyclic N) is 1. The molecule has 9 rings (SSSR count). The Kier molecular flexibility index (Phi) is 11.8. The standard InChI is InChI=1S/C47H49N9O6S2/c1-25(2)40(45(60)56-23-32(57)18-37(56)43(59)51-27(4)29-10-12-30(13-11-29)41-28(5)50-24-63-41)39-20-35(54-62-39)31-21-48-46(49-22-31)55-16-14-47(61,15-17-55)42-26(3)34-19-36(52-53-44(34)64-42)33-8-6-7-9-38(33)58/h6-13,19-22,24-25,27,32,37,40,57-58,61H,14-18,23H2,1-5H3,(H,51,59)/t27-,32+,37-,40+/m0/s1. The van der Waals surface area contributed by atoms with E-state index in [1.165, 1.54) is 16.2 Å². The lowest BCUT2D eigenvalue weighted by Gasteiger charge is -2.38. The Hall–Kier alpha value is -6.14. The number of aliphatic hydroxyl groups is 2. The van der Waals surface area contributed by atoms with Crippen LogP contribution in [0.15, 0.2) is 83.1 Å². The zero-order valence-electron chi connectivity index (χ0n) is 36.1. The number of benzene rings is 2. The first-order valence-electron chi connectivity index (χ1n) is 21.4. The molecule has 2 amide bonds. The topological polar surface area (TPSA) is 204 Å². The van der Waals surface area contributed by atoms with Gasteiger partial charge in [-0.05, 0) is 74.4 Å². The number of amides is 2. The lowest BCUT2D eigenvalue weighted by Crippen LogP contribution is -2.48. The summed E-state index contributed by atoms with van der Waals surface area (Å²) in [4.78, 5) is 47.9. The number of aromatic nitrogens is 6. The fourth-order valence-corrected chi connectivity index (χ4v) is 11.0. The van der Waals surface area contributed by atoms with Crippen molar-refractivity contribution in [1.29, 1.82) is 0 Å². The zero-order valence-corrected chi connectivity index (χ0v) is 37.7. The number of phenolic OH excluding ortho intramolecular Hbond substituents is 1. The molecular formula is C47H49N9O6S2. The molecule has 0 aliphatic carbocycles. The van der Waals surface area contributed by atoms with Gasteiger partial charge in [0.05, 0.1) is 33.9 Å². The number of para-hydroxylation sites is 1. The number of phenols is 1. The second-order valence-corrected chi connectivity index (χ2v) is 19.0. The number of thiophene rings is 1. The van der Waals surface area contributed by atoms with Gasteiger partial charge in [0.1, 0.15) is 39.6 Å². The van der Waals surface area contributed by atoms with Crippen LogP contribution in [0.4, 0.5) is 5.95 Å². The van der Waals surface area contributed by atoms with Gasteiger partial charge >= 0.3 is 0 Å². The number of likely N-dealkylation sites (tertiary alicyclic amines) is 1. The number of anilines is 1. The van der Waals surface area contributed by atoms with Crippen LogP contribution < -0.4 is 10.2 Å². The average molecular weight is 900 g/mol. The van der Waals surface area contributed by atoms with Crippen LogP contribution in [-0.2, 0) is 15.2 Å². The summed E-state index contributed by atoms with van der Waals surface area (Å²) in [5.74, 6) is -0.629. The van der Waals surface area contributed by atoms with Crippen LogP contribution >= 0.6 is 22.7 Å². The second-order valence-electron chi connectivity index (χ2n) is 17.2. The van der Waals surface area contributed by atoms with Crippen molar-refractivity contribution in [3.63, 3.8) is 0 Å². The monoisotopic (exact) mass is 899 g/mol. The molecule has 0 saturated carbocycles. The normalized spacial score (nSPS) is 18.4. The third-order valence-corrected chi connectivity index (χ3v) is 14.9. The van der Waals surface area contributed by atoms with Crippen LogP contribution in [0.3, 0.4) is 0 Å². The Morgan fingerprint density at radius 1 is 0.938 bits per heavy atom. The van der Waals surface area contributed by atoms with Gasteiger partial charge in [-0.25, -0.2) is 15.0 Å². The van der Waals surface area contributed by atoms with Crippen LogP contribution in [0.25, 0.3) is 43.2 Å². The number of aliphatic hydroxyl groups excluding tert-OH is 1. The number of piperidine rings is 1. The fourth-order valence-electron chi connectivity index (χ4n) is 8.89. The highest BCUT2D eigenvalue weighted by molar-refractivity contribution is 7.19. The summed E-state index contributed by atoms with van der Waals surface area (Å²) in [6.07, 6.45) is 3.53. The molecule has 15 nitrogen and oxygen atoms in total. The zero-order chi connectivity index (χ0) is 44.9. The number of nitrogens with one attached hydrogen (secondary N) is 1. The predicted molar refractivity (Wildman–Crippen MR) is 245 cm³/mol. The first-order chi connectivity index (χ1) is 30.8. The quantitative estimate of drug-likeness (QED) is 0.101. The third kappa shape index (κ3) is 8.24. The molecule has 2 fully saturated rings. The molecule has 2 aliphatic heterocycles. The fraction of sp³-hybridized carbons (Fsp3) is 0.362. The van der Waals surface area contributed by atoms with Gasteiger partial charge in [-0.3, -0.25) is 9.59 Å². The average Bonchev–Trinajstić information content (AvgIpc) is 4.11. The molecule has 2 aromatic carbocycles. The molecule has 4 atom stereocenters. The molecule has 64 heavy (non-hydrogen) atoms. The Morgan fingerprint density at radius 2 is 1.67 bits per heavy atom. The number of carbonyl (C=O) groups is 2. The van der Waals surface area contributed by atoms with Crippen LogP contribution in [-0.4, -0.2) is 94.1 Å². The summed E-state index contributed by atoms with van der Waals surface area (Å²) in [7, 11) is 0. The molecule has 4 N–H and O–H groups in total. The van der Waals surface area contributed by atoms with E-state index in [9.17, 15) is 24.9 Å². The summed E-state index contributed by atoms with van der Waals surface area (Å²) in [5.41, 5.74) is 6.89. The molecule has 2 aliphatic rings. The van der Waals surface area contributed by atoms with Gasteiger partial charge in [0.15, 0.2) is 0 Å². The number of hydrogen-bond acceptors (Lipinski definition) is 15.